The van der Waals surface area contributed by atoms with E-state index in [-0.39, 0.29) is 6.10 Å². The van der Waals surface area contributed by atoms with Gasteiger partial charge in [0.05, 0.1) is 11.6 Å². The summed E-state index contributed by atoms with van der Waals surface area (Å²) in [6.45, 7) is 2.04. The Hall–Kier alpha value is -1.41. The van der Waals surface area contributed by atoms with Crippen molar-refractivity contribution in [3.8, 4) is 0 Å². The van der Waals surface area contributed by atoms with Crippen molar-refractivity contribution >= 4 is 10.9 Å². The maximum absolute atomic E-state index is 5.26. The van der Waals surface area contributed by atoms with Gasteiger partial charge in [-0.3, -0.25) is 4.98 Å². The van der Waals surface area contributed by atoms with E-state index in [2.05, 4.69) is 23.2 Å². The number of hydrogen-bond donors (Lipinski definition) is 0. The number of aromatic nitrogens is 1. The van der Waals surface area contributed by atoms with E-state index in [4.69, 9.17) is 4.74 Å². The lowest BCUT2D eigenvalue weighted by Crippen LogP contribution is -1.95. The zero-order chi connectivity index (χ0) is 9.97. The van der Waals surface area contributed by atoms with Gasteiger partial charge in [0.15, 0.2) is 0 Å². The van der Waals surface area contributed by atoms with Gasteiger partial charge in [-0.25, -0.2) is 0 Å². The molecule has 0 aliphatic rings. The smallest absolute Gasteiger partial charge is 0.0793 e. The van der Waals surface area contributed by atoms with Gasteiger partial charge < -0.3 is 4.74 Å². The molecule has 0 radical (unpaired) electrons. The van der Waals surface area contributed by atoms with Crippen LogP contribution in [0.15, 0.2) is 36.5 Å². The molecule has 1 atom stereocenters. The molecule has 0 fully saturated rings. The van der Waals surface area contributed by atoms with Crippen molar-refractivity contribution in [2.75, 3.05) is 7.11 Å². The molecular formula is C12H13NO. The second kappa shape index (κ2) is 3.76. The first-order chi connectivity index (χ1) is 6.81. The highest BCUT2D eigenvalue weighted by Gasteiger charge is 2.03. The Morgan fingerprint density at radius 3 is 2.93 bits per heavy atom. The molecule has 0 amide bonds. The van der Waals surface area contributed by atoms with E-state index in [0.717, 1.165) is 10.9 Å². The van der Waals surface area contributed by atoms with Crippen LogP contribution in [0.3, 0.4) is 0 Å². The summed E-state index contributed by atoms with van der Waals surface area (Å²) < 4.78 is 5.26. The summed E-state index contributed by atoms with van der Waals surface area (Å²) in [5.41, 5.74) is 2.22. The fraction of sp³-hybridized carbons (Fsp3) is 0.250. The van der Waals surface area contributed by atoms with Gasteiger partial charge in [0.25, 0.3) is 0 Å². The van der Waals surface area contributed by atoms with Crippen molar-refractivity contribution in [1.29, 1.82) is 0 Å². The van der Waals surface area contributed by atoms with Crippen LogP contribution in [0.5, 0.6) is 0 Å². The fourth-order valence-corrected chi connectivity index (χ4v) is 1.48. The number of nitrogens with zero attached hydrogens (tertiary/aromatic N) is 1. The lowest BCUT2D eigenvalue weighted by Gasteiger charge is -2.09. The number of benzene rings is 1. The first-order valence-electron chi connectivity index (χ1n) is 4.69. The van der Waals surface area contributed by atoms with Crippen LogP contribution >= 0.6 is 0 Å². The second-order valence-electron chi connectivity index (χ2n) is 3.33. The maximum Gasteiger partial charge on any atom is 0.0793 e. The molecule has 0 saturated heterocycles. The zero-order valence-electron chi connectivity index (χ0n) is 8.40. The summed E-state index contributed by atoms with van der Waals surface area (Å²) in [5, 5.41) is 1.16. The first-order valence-corrected chi connectivity index (χ1v) is 4.69. The predicted octanol–water partition coefficient (Wildman–Crippen LogP) is 2.94. The quantitative estimate of drug-likeness (QED) is 0.721. The van der Waals surface area contributed by atoms with Crippen molar-refractivity contribution in [2.45, 2.75) is 13.0 Å². The van der Waals surface area contributed by atoms with Gasteiger partial charge in [-0.15, -0.1) is 0 Å². The van der Waals surface area contributed by atoms with E-state index in [0.29, 0.717) is 0 Å². The van der Waals surface area contributed by atoms with Crippen LogP contribution in [-0.4, -0.2) is 12.1 Å². The molecule has 2 heteroatoms. The minimum Gasteiger partial charge on any atom is -0.377 e. The minimum absolute atomic E-state index is 0.139. The van der Waals surface area contributed by atoms with Gasteiger partial charge >= 0.3 is 0 Å². The van der Waals surface area contributed by atoms with Crippen molar-refractivity contribution in [3.05, 3.63) is 42.1 Å². The van der Waals surface area contributed by atoms with E-state index >= 15 is 0 Å². The van der Waals surface area contributed by atoms with Crippen LogP contribution in [0.1, 0.15) is 18.6 Å². The van der Waals surface area contributed by atoms with Crippen molar-refractivity contribution < 1.29 is 4.74 Å². The molecular weight excluding hydrogens is 174 g/mol. The molecule has 0 aliphatic heterocycles. The van der Waals surface area contributed by atoms with Crippen LogP contribution < -0.4 is 0 Å². The van der Waals surface area contributed by atoms with Crippen LogP contribution in [0, 0.1) is 0 Å². The van der Waals surface area contributed by atoms with E-state index < -0.39 is 0 Å². The topological polar surface area (TPSA) is 22.1 Å². The molecule has 1 heterocycles. The predicted molar refractivity (Wildman–Crippen MR) is 57.2 cm³/mol. The van der Waals surface area contributed by atoms with Crippen molar-refractivity contribution in [2.24, 2.45) is 0 Å². The number of methoxy groups -OCH3 is 1. The Bertz CT molecular complexity index is 439. The number of fused-ring (bicyclic) bond motifs is 1. The van der Waals surface area contributed by atoms with Crippen molar-refractivity contribution in [3.63, 3.8) is 0 Å². The molecule has 1 aromatic heterocycles. The number of hydrogen-bond acceptors (Lipinski definition) is 2. The number of pyridine rings is 1. The van der Waals surface area contributed by atoms with E-state index in [1.54, 1.807) is 7.11 Å². The fourth-order valence-electron chi connectivity index (χ4n) is 1.48. The normalized spacial score (nSPS) is 13.0. The summed E-state index contributed by atoms with van der Waals surface area (Å²) >= 11 is 0. The molecule has 2 rings (SSSR count). The van der Waals surface area contributed by atoms with E-state index in [1.807, 2.05) is 25.3 Å². The van der Waals surface area contributed by atoms with Gasteiger partial charge in [0.1, 0.15) is 0 Å². The molecule has 0 N–H and O–H groups in total. The summed E-state index contributed by atoms with van der Waals surface area (Å²) in [4.78, 5) is 4.27. The molecule has 0 bridgehead atoms. The summed E-state index contributed by atoms with van der Waals surface area (Å²) in [6.07, 6.45) is 1.95. The maximum atomic E-state index is 5.26. The van der Waals surface area contributed by atoms with Gasteiger partial charge in [-0.2, -0.15) is 0 Å². The second-order valence-corrected chi connectivity index (χ2v) is 3.33. The van der Waals surface area contributed by atoms with Crippen LogP contribution in [0.4, 0.5) is 0 Å². The molecule has 0 spiro atoms. The highest BCUT2D eigenvalue weighted by molar-refractivity contribution is 5.78. The third-order valence-corrected chi connectivity index (χ3v) is 2.45. The highest BCUT2D eigenvalue weighted by atomic mass is 16.5. The van der Waals surface area contributed by atoms with Crippen LogP contribution in [0.25, 0.3) is 10.9 Å². The molecule has 14 heavy (non-hydrogen) atoms. The lowest BCUT2D eigenvalue weighted by atomic mass is 10.1. The Morgan fingerprint density at radius 1 is 1.29 bits per heavy atom. The van der Waals surface area contributed by atoms with Crippen LogP contribution in [-0.2, 0) is 4.74 Å². The molecule has 1 aromatic carbocycles. The van der Waals surface area contributed by atoms with Gasteiger partial charge in [-0.05, 0) is 30.7 Å². The molecule has 1 unspecified atom stereocenters. The zero-order valence-corrected chi connectivity index (χ0v) is 8.40. The third kappa shape index (κ3) is 1.61. The lowest BCUT2D eigenvalue weighted by molar-refractivity contribution is 0.119. The monoisotopic (exact) mass is 187 g/mol. The Kier molecular flexibility index (Phi) is 2.46. The van der Waals surface area contributed by atoms with Gasteiger partial charge in [-0.1, -0.05) is 12.1 Å². The Labute approximate surface area is 83.5 Å². The van der Waals surface area contributed by atoms with Crippen molar-refractivity contribution in [1.82, 2.24) is 4.98 Å². The standard InChI is InChI=1S/C12H13NO/c1-9(14-2)10-5-6-12-11(8-10)4-3-7-13-12/h3-9H,1-2H3. The van der Waals surface area contributed by atoms with Gasteiger partial charge in [0.2, 0.25) is 0 Å². The molecule has 0 aliphatic carbocycles. The minimum atomic E-state index is 0.139. The summed E-state index contributed by atoms with van der Waals surface area (Å²) in [5.74, 6) is 0. The average molecular weight is 187 g/mol. The Balaban J connectivity index is 2.51. The molecule has 72 valence electrons. The van der Waals surface area contributed by atoms with Gasteiger partial charge in [0, 0.05) is 18.7 Å². The average Bonchev–Trinajstić information content (AvgIpc) is 2.27. The van der Waals surface area contributed by atoms with E-state index in [1.165, 1.54) is 5.56 Å². The van der Waals surface area contributed by atoms with E-state index in [9.17, 15) is 0 Å². The van der Waals surface area contributed by atoms with Crippen LogP contribution in [0.2, 0.25) is 0 Å². The molecule has 0 saturated carbocycles. The SMILES string of the molecule is COC(C)c1ccc2ncccc2c1. The molecule has 2 nitrogen and oxygen atoms in total. The summed E-state index contributed by atoms with van der Waals surface area (Å²) in [6, 6.07) is 10.2. The highest BCUT2D eigenvalue weighted by Crippen LogP contribution is 2.20. The molecule has 2 aromatic rings. The first kappa shape index (κ1) is 9.16. The number of ether oxygens (including phenoxy) is 1. The largest absolute Gasteiger partial charge is 0.377 e. The summed E-state index contributed by atoms with van der Waals surface area (Å²) in [7, 11) is 1.72. The number of rotatable bonds is 2. The third-order valence-electron chi connectivity index (χ3n) is 2.45. The Morgan fingerprint density at radius 2 is 2.14 bits per heavy atom.